The highest BCUT2D eigenvalue weighted by atomic mass is 14.6. The summed E-state index contributed by atoms with van der Waals surface area (Å²) in [6, 6.07) is 6.88. The molecular weight excluding hydrogens is 158 g/mol. The summed E-state index contributed by atoms with van der Waals surface area (Å²) < 4.78 is 0. The lowest BCUT2D eigenvalue weighted by molar-refractivity contribution is 0.644. The maximum absolute atomic E-state index is 5.91. The summed E-state index contributed by atoms with van der Waals surface area (Å²) in [5.41, 5.74) is 9.99. The van der Waals surface area contributed by atoms with Gasteiger partial charge in [-0.25, -0.2) is 0 Å². The van der Waals surface area contributed by atoms with Crippen LogP contribution < -0.4 is 5.73 Å². The van der Waals surface area contributed by atoms with Crippen molar-refractivity contribution in [2.75, 3.05) is 0 Å². The molecule has 0 amide bonds. The molecule has 0 bridgehead atoms. The van der Waals surface area contributed by atoms with Gasteiger partial charge in [0.15, 0.2) is 0 Å². The van der Waals surface area contributed by atoms with Crippen molar-refractivity contribution in [1.29, 1.82) is 0 Å². The van der Waals surface area contributed by atoms with E-state index in [0.717, 1.165) is 12.8 Å². The van der Waals surface area contributed by atoms with Crippen molar-refractivity contribution in [3.8, 4) is 0 Å². The van der Waals surface area contributed by atoms with E-state index in [-0.39, 0.29) is 0 Å². The van der Waals surface area contributed by atoms with Crippen molar-refractivity contribution in [2.45, 2.75) is 39.7 Å². The van der Waals surface area contributed by atoms with Crippen LogP contribution in [0.15, 0.2) is 18.2 Å². The van der Waals surface area contributed by atoms with E-state index in [9.17, 15) is 0 Å². The van der Waals surface area contributed by atoms with E-state index in [2.05, 4.69) is 39.0 Å². The van der Waals surface area contributed by atoms with Gasteiger partial charge in [-0.15, -0.1) is 0 Å². The third-order valence-corrected chi connectivity index (χ3v) is 2.50. The van der Waals surface area contributed by atoms with Gasteiger partial charge in [-0.1, -0.05) is 30.7 Å². The molecular formula is C12H19N. The molecule has 0 aliphatic carbocycles. The van der Waals surface area contributed by atoms with Crippen LogP contribution in [0.4, 0.5) is 0 Å². The normalized spacial score (nSPS) is 12.9. The van der Waals surface area contributed by atoms with Crippen molar-refractivity contribution in [3.05, 3.63) is 34.9 Å². The summed E-state index contributed by atoms with van der Waals surface area (Å²) in [5, 5.41) is 0. The second kappa shape index (κ2) is 4.43. The summed E-state index contributed by atoms with van der Waals surface area (Å²) in [6.07, 6.45) is 2.05. The zero-order chi connectivity index (χ0) is 9.84. The smallest absolute Gasteiger partial charge is 0.00767 e. The zero-order valence-electron chi connectivity index (χ0n) is 8.80. The predicted molar refractivity (Wildman–Crippen MR) is 57.9 cm³/mol. The Morgan fingerprint density at radius 2 is 2.00 bits per heavy atom. The van der Waals surface area contributed by atoms with Gasteiger partial charge in [-0.05, 0) is 37.8 Å². The van der Waals surface area contributed by atoms with Crippen molar-refractivity contribution in [2.24, 2.45) is 5.73 Å². The van der Waals surface area contributed by atoms with Crippen molar-refractivity contribution < 1.29 is 0 Å². The quantitative estimate of drug-likeness (QED) is 0.754. The Morgan fingerprint density at radius 1 is 1.31 bits per heavy atom. The van der Waals surface area contributed by atoms with Crippen LogP contribution in [0, 0.1) is 13.8 Å². The zero-order valence-corrected chi connectivity index (χ0v) is 8.80. The molecule has 1 rings (SSSR count). The standard InChI is InChI=1S/C12H19N/c1-4-12(13)8-11-6-5-9(2)7-10(11)3/h5-7,12H,4,8,13H2,1-3H3. The van der Waals surface area contributed by atoms with Crippen LogP contribution in [0.25, 0.3) is 0 Å². The molecule has 0 aliphatic rings. The van der Waals surface area contributed by atoms with E-state index >= 15 is 0 Å². The molecule has 0 radical (unpaired) electrons. The van der Waals surface area contributed by atoms with E-state index in [4.69, 9.17) is 5.73 Å². The Morgan fingerprint density at radius 3 is 2.54 bits per heavy atom. The van der Waals surface area contributed by atoms with E-state index in [1.165, 1.54) is 16.7 Å². The summed E-state index contributed by atoms with van der Waals surface area (Å²) >= 11 is 0. The molecule has 1 heteroatoms. The maximum Gasteiger partial charge on any atom is 0.00767 e. The number of hydrogen-bond donors (Lipinski definition) is 1. The molecule has 0 saturated carbocycles. The fourth-order valence-electron chi connectivity index (χ4n) is 1.50. The van der Waals surface area contributed by atoms with Gasteiger partial charge in [0.25, 0.3) is 0 Å². The average Bonchev–Trinajstić information content (AvgIpc) is 2.09. The van der Waals surface area contributed by atoms with E-state index < -0.39 is 0 Å². The fraction of sp³-hybridized carbons (Fsp3) is 0.500. The Hall–Kier alpha value is -0.820. The van der Waals surface area contributed by atoms with Crippen molar-refractivity contribution >= 4 is 0 Å². The number of rotatable bonds is 3. The average molecular weight is 177 g/mol. The second-order valence-corrected chi connectivity index (χ2v) is 3.80. The van der Waals surface area contributed by atoms with Gasteiger partial charge in [0.05, 0.1) is 0 Å². The molecule has 13 heavy (non-hydrogen) atoms. The Kier molecular flexibility index (Phi) is 3.49. The molecule has 2 N–H and O–H groups in total. The molecule has 1 aromatic carbocycles. The first kappa shape index (κ1) is 10.3. The molecule has 0 aromatic heterocycles. The van der Waals surface area contributed by atoms with E-state index in [1.807, 2.05) is 0 Å². The molecule has 1 nitrogen and oxygen atoms in total. The van der Waals surface area contributed by atoms with E-state index in [0.29, 0.717) is 6.04 Å². The molecule has 0 fully saturated rings. The molecule has 72 valence electrons. The minimum Gasteiger partial charge on any atom is -0.327 e. The largest absolute Gasteiger partial charge is 0.327 e. The lowest BCUT2D eigenvalue weighted by Crippen LogP contribution is -2.21. The molecule has 1 unspecified atom stereocenters. The van der Waals surface area contributed by atoms with Gasteiger partial charge in [-0.2, -0.15) is 0 Å². The number of nitrogens with two attached hydrogens (primary N) is 1. The first-order valence-corrected chi connectivity index (χ1v) is 4.95. The highest BCUT2D eigenvalue weighted by Gasteiger charge is 2.03. The first-order valence-electron chi connectivity index (χ1n) is 4.95. The van der Waals surface area contributed by atoms with Gasteiger partial charge < -0.3 is 5.73 Å². The van der Waals surface area contributed by atoms with Crippen molar-refractivity contribution in [1.82, 2.24) is 0 Å². The lowest BCUT2D eigenvalue weighted by atomic mass is 9.99. The lowest BCUT2D eigenvalue weighted by Gasteiger charge is -2.11. The molecule has 0 heterocycles. The highest BCUT2D eigenvalue weighted by molar-refractivity contribution is 5.30. The topological polar surface area (TPSA) is 26.0 Å². The van der Waals surface area contributed by atoms with Crippen LogP contribution in [-0.4, -0.2) is 6.04 Å². The minimum absolute atomic E-state index is 0.307. The third-order valence-electron chi connectivity index (χ3n) is 2.50. The van der Waals surface area contributed by atoms with E-state index in [1.54, 1.807) is 0 Å². The van der Waals surface area contributed by atoms with Crippen LogP contribution in [0.2, 0.25) is 0 Å². The van der Waals surface area contributed by atoms with Gasteiger partial charge in [0, 0.05) is 6.04 Å². The highest BCUT2D eigenvalue weighted by Crippen LogP contribution is 2.12. The van der Waals surface area contributed by atoms with Gasteiger partial charge in [0.2, 0.25) is 0 Å². The SMILES string of the molecule is CCC(N)Cc1ccc(C)cc1C. The van der Waals surface area contributed by atoms with Gasteiger partial charge >= 0.3 is 0 Å². The van der Waals surface area contributed by atoms with Crippen LogP contribution in [0.3, 0.4) is 0 Å². The predicted octanol–water partition coefficient (Wildman–Crippen LogP) is 2.58. The molecule has 0 aliphatic heterocycles. The number of benzene rings is 1. The first-order chi connectivity index (χ1) is 6.13. The Labute approximate surface area is 81.0 Å². The number of aryl methyl sites for hydroxylation is 2. The maximum atomic E-state index is 5.91. The second-order valence-electron chi connectivity index (χ2n) is 3.80. The summed E-state index contributed by atoms with van der Waals surface area (Å²) in [6.45, 7) is 6.41. The fourth-order valence-corrected chi connectivity index (χ4v) is 1.50. The molecule has 1 atom stereocenters. The number of hydrogen-bond acceptors (Lipinski definition) is 1. The van der Waals surface area contributed by atoms with Gasteiger partial charge in [0.1, 0.15) is 0 Å². The van der Waals surface area contributed by atoms with Crippen LogP contribution in [-0.2, 0) is 6.42 Å². The van der Waals surface area contributed by atoms with Crippen molar-refractivity contribution in [3.63, 3.8) is 0 Å². The Bertz CT molecular complexity index is 278. The van der Waals surface area contributed by atoms with Crippen LogP contribution in [0.1, 0.15) is 30.0 Å². The van der Waals surface area contributed by atoms with Crippen LogP contribution >= 0.6 is 0 Å². The monoisotopic (exact) mass is 177 g/mol. The molecule has 1 aromatic rings. The summed E-state index contributed by atoms with van der Waals surface area (Å²) in [7, 11) is 0. The van der Waals surface area contributed by atoms with Crippen LogP contribution in [0.5, 0.6) is 0 Å². The molecule has 0 spiro atoms. The molecule has 0 saturated heterocycles. The van der Waals surface area contributed by atoms with Gasteiger partial charge in [-0.3, -0.25) is 0 Å². The third kappa shape index (κ3) is 2.85. The minimum atomic E-state index is 0.307. The summed E-state index contributed by atoms with van der Waals surface area (Å²) in [5.74, 6) is 0. The summed E-state index contributed by atoms with van der Waals surface area (Å²) in [4.78, 5) is 0. The Balaban J connectivity index is 2.77.